The first-order chi connectivity index (χ1) is 14.5. The Morgan fingerprint density at radius 2 is 1.90 bits per heavy atom. The van der Waals surface area contributed by atoms with Gasteiger partial charge in [-0.05, 0) is 24.6 Å². The largest absolute Gasteiger partial charge is 0.461 e. The van der Waals surface area contributed by atoms with Gasteiger partial charge in [0.05, 0.1) is 5.69 Å². The molecule has 0 saturated carbocycles. The van der Waals surface area contributed by atoms with Crippen LogP contribution in [0.15, 0.2) is 77.2 Å². The average Bonchev–Trinajstić information content (AvgIpc) is 2.76. The van der Waals surface area contributed by atoms with E-state index in [1.807, 2.05) is 78.5 Å². The number of carbonyl (C=O) groups excluding carboxylic acids is 1. The molecule has 0 spiro atoms. The molecule has 1 aliphatic rings. The van der Waals surface area contributed by atoms with E-state index in [9.17, 15) is 4.79 Å². The lowest BCUT2D eigenvalue weighted by molar-refractivity contribution is -0.695. The summed E-state index contributed by atoms with van der Waals surface area (Å²) < 4.78 is 7.28. The molecule has 0 saturated heterocycles. The molecule has 3 aromatic rings. The Bertz CT molecular complexity index is 1070. The van der Waals surface area contributed by atoms with Crippen molar-refractivity contribution in [3.05, 3.63) is 72.6 Å². The zero-order valence-electron chi connectivity index (χ0n) is 16.7. The summed E-state index contributed by atoms with van der Waals surface area (Å²) in [6.07, 6.45) is 4.19. The van der Waals surface area contributed by atoms with E-state index in [4.69, 9.17) is 4.74 Å². The van der Waals surface area contributed by atoms with Crippen molar-refractivity contribution in [3.63, 3.8) is 0 Å². The zero-order valence-corrected chi connectivity index (χ0v) is 17.8. The summed E-state index contributed by atoms with van der Waals surface area (Å²) in [6, 6.07) is 17.5. The summed E-state index contributed by atoms with van der Waals surface area (Å²) >= 11 is 0. The van der Waals surface area contributed by atoms with Crippen LogP contribution >= 0.6 is 9.24 Å². The summed E-state index contributed by atoms with van der Waals surface area (Å²) in [5.41, 5.74) is 3.53. The Kier molecular flexibility index (Phi) is 5.81. The van der Waals surface area contributed by atoms with Crippen molar-refractivity contribution in [1.29, 1.82) is 0 Å². The summed E-state index contributed by atoms with van der Waals surface area (Å²) in [4.78, 5) is 16.7. The second-order valence-corrected chi connectivity index (χ2v) is 8.38. The van der Waals surface area contributed by atoms with E-state index in [0.717, 1.165) is 22.5 Å². The number of hydrogen-bond acceptors (Lipinski definition) is 6. The fraction of sp³-hybridized carbons (Fsp3) is 0.227. The molecule has 1 aliphatic heterocycles. The lowest BCUT2D eigenvalue weighted by Gasteiger charge is -2.25. The van der Waals surface area contributed by atoms with Gasteiger partial charge in [0.15, 0.2) is 30.2 Å². The van der Waals surface area contributed by atoms with Crippen molar-refractivity contribution in [1.82, 2.24) is 4.98 Å². The van der Waals surface area contributed by atoms with E-state index in [2.05, 4.69) is 29.8 Å². The number of rotatable bonds is 6. The molecular weight excluding hydrogens is 397 g/mol. The number of fused-ring (bicyclic) bond motifs is 1. The number of ether oxygens (including phenoxy) is 1. The number of carbonyl (C=O) groups is 1. The molecule has 7 nitrogen and oxygen atoms in total. The second-order valence-electron chi connectivity index (χ2n) is 7.26. The molecule has 2 aromatic heterocycles. The van der Waals surface area contributed by atoms with Crippen LogP contribution in [0.25, 0.3) is 11.3 Å². The molecule has 0 radical (unpaired) electrons. The maximum absolute atomic E-state index is 12.0. The van der Waals surface area contributed by atoms with Crippen LogP contribution in [-0.4, -0.2) is 16.4 Å². The topological polar surface area (TPSA) is 79.8 Å². The zero-order chi connectivity index (χ0) is 21.0. The molecule has 1 N–H and O–H groups in total. The Morgan fingerprint density at radius 3 is 2.67 bits per heavy atom. The van der Waals surface area contributed by atoms with Gasteiger partial charge in [0, 0.05) is 17.7 Å². The van der Waals surface area contributed by atoms with Crippen molar-refractivity contribution in [2.24, 2.45) is 10.2 Å². The van der Waals surface area contributed by atoms with Crippen LogP contribution in [0, 0.1) is 0 Å². The van der Waals surface area contributed by atoms with Crippen LogP contribution in [0.5, 0.6) is 0 Å². The smallest absolute Gasteiger partial charge is 0.312 e. The summed E-state index contributed by atoms with van der Waals surface area (Å²) in [5, 5.41) is 11.1. The highest BCUT2D eigenvalue weighted by atomic mass is 31.0. The van der Waals surface area contributed by atoms with Gasteiger partial charge in [-0.15, -0.1) is 5.11 Å². The van der Waals surface area contributed by atoms with Gasteiger partial charge in [0.2, 0.25) is 0 Å². The summed E-state index contributed by atoms with van der Waals surface area (Å²) in [5.74, 6) is 0.491. The number of azo groups is 1. The highest BCUT2D eigenvalue weighted by Gasteiger charge is 2.23. The van der Waals surface area contributed by atoms with E-state index in [1.165, 1.54) is 0 Å². The van der Waals surface area contributed by atoms with Gasteiger partial charge in [-0.3, -0.25) is 4.79 Å². The summed E-state index contributed by atoms with van der Waals surface area (Å²) in [6.45, 7) is 2.77. The fourth-order valence-electron chi connectivity index (χ4n) is 3.02. The second kappa shape index (κ2) is 8.67. The predicted molar refractivity (Wildman–Crippen MR) is 117 cm³/mol. The van der Waals surface area contributed by atoms with E-state index in [-0.39, 0.29) is 5.97 Å². The Morgan fingerprint density at radius 1 is 1.13 bits per heavy atom. The molecule has 8 heteroatoms. The fourth-order valence-corrected chi connectivity index (χ4v) is 3.21. The standard InChI is InChI=1S/C22H23N5O2P/c1-22(30)24-21-19(25-26-22)8-7-18(23-21)17-9-12-27(13-10-17)14-11-20(28)29-15-16-5-3-2-4-6-16/h2-10,12-13H,11,14-15,30H2,1H3,(H,23,24)/q+1. The van der Waals surface area contributed by atoms with Crippen LogP contribution < -0.4 is 9.88 Å². The van der Waals surface area contributed by atoms with Crippen LogP contribution in [0.1, 0.15) is 18.9 Å². The molecule has 2 atom stereocenters. The number of aromatic nitrogens is 2. The molecule has 4 rings (SSSR count). The third kappa shape index (κ3) is 5.05. The number of nitrogens with one attached hydrogen (secondary N) is 1. The lowest BCUT2D eigenvalue weighted by Crippen LogP contribution is -2.34. The molecule has 2 unspecified atom stereocenters. The Labute approximate surface area is 177 Å². The first-order valence-corrected chi connectivity index (χ1v) is 10.3. The Balaban J connectivity index is 1.34. The van der Waals surface area contributed by atoms with Crippen LogP contribution in [0.3, 0.4) is 0 Å². The van der Waals surface area contributed by atoms with E-state index < -0.39 is 5.40 Å². The van der Waals surface area contributed by atoms with Crippen LogP contribution in [0.2, 0.25) is 0 Å². The quantitative estimate of drug-likeness (QED) is 0.368. The summed E-state index contributed by atoms with van der Waals surface area (Å²) in [7, 11) is 2.62. The number of esters is 1. The van der Waals surface area contributed by atoms with Gasteiger partial charge in [-0.2, -0.15) is 5.11 Å². The maximum atomic E-state index is 12.0. The van der Waals surface area contributed by atoms with Crippen molar-refractivity contribution in [2.45, 2.75) is 31.9 Å². The normalized spacial score (nSPS) is 17.1. The monoisotopic (exact) mass is 420 g/mol. The predicted octanol–water partition coefficient (Wildman–Crippen LogP) is 4.23. The SMILES string of the molecule is CC1(P)N=Nc2ccc(-c3cc[n+](CCC(=O)OCc4ccccc4)cc3)nc2N1. The van der Waals surface area contributed by atoms with Gasteiger partial charge < -0.3 is 10.1 Å². The van der Waals surface area contributed by atoms with Gasteiger partial charge in [-0.1, -0.05) is 39.6 Å². The molecule has 1 aromatic carbocycles. The molecule has 0 bridgehead atoms. The number of anilines is 1. The number of pyridine rings is 2. The maximum Gasteiger partial charge on any atom is 0.312 e. The molecular formula is C22H23N5O2P+. The minimum atomic E-state index is -0.548. The van der Waals surface area contributed by atoms with E-state index >= 15 is 0 Å². The third-order valence-corrected chi connectivity index (χ3v) is 4.87. The molecule has 0 fully saturated rings. The van der Waals surface area contributed by atoms with Gasteiger partial charge in [0.1, 0.15) is 18.7 Å². The van der Waals surface area contributed by atoms with E-state index in [0.29, 0.717) is 25.4 Å². The van der Waals surface area contributed by atoms with Crippen molar-refractivity contribution in [3.8, 4) is 11.3 Å². The minimum absolute atomic E-state index is 0.215. The highest BCUT2D eigenvalue weighted by Crippen LogP contribution is 2.36. The lowest BCUT2D eigenvalue weighted by atomic mass is 10.1. The molecule has 152 valence electrons. The van der Waals surface area contributed by atoms with Gasteiger partial charge >= 0.3 is 5.97 Å². The van der Waals surface area contributed by atoms with Crippen LogP contribution in [-0.2, 0) is 22.7 Å². The van der Waals surface area contributed by atoms with Gasteiger partial charge in [-0.25, -0.2) is 9.55 Å². The van der Waals surface area contributed by atoms with Crippen LogP contribution in [0.4, 0.5) is 11.5 Å². The first kappa shape index (κ1) is 20.1. The van der Waals surface area contributed by atoms with Crippen molar-refractivity contribution >= 4 is 26.7 Å². The number of aryl methyl sites for hydroxylation is 1. The van der Waals surface area contributed by atoms with Crippen molar-refractivity contribution < 1.29 is 14.1 Å². The van der Waals surface area contributed by atoms with Gasteiger partial charge in [0.25, 0.3) is 0 Å². The molecule has 0 aliphatic carbocycles. The molecule has 0 amide bonds. The number of hydrogen-bond donors (Lipinski definition) is 1. The number of nitrogens with zero attached hydrogens (tertiary/aromatic N) is 4. The minimum Gasteiger partial charge on any atom is -0.461 e. The molecule has 3 heterocycles. The average molecular weight is 420 g/mol. The van der Waals surface area contributed by atoms with E-state index in [1.54, 1.807) is 0 Å². The third-order valence-electron chi connectivity index (χ3n) is 4.61. The number of benzene rings is 1. The first-order valence-electron chi connectivity index (χ1n) is 9.69. The van der Waals surface area contributed by atoms with Crippen molar-refractivity contribution in [2.75, 3.05) is 5.32 Å². The highest BCUT2D eigenvalue weighted by molar-refractivity contribution is 7.19. The Hall–Kier alpha value is -3.18. The molecule has 30 heavy (non-hydrogen) atoms.